The quantitative estimate of drug-likeness (QED) is 0.375. The van der Waals surface area contributed by atoms with Crippen LogP contribution in [0.3, 0.4) is 0 Å². The van der Waals surface area contributed by atoms with Crippen molar-refractivity contribution in [2.75, 3.05) is 17.7 Å². The van der Waals surface area contributed by atoms with Crippen LogP contribution in [0.2, 0.25) is 0 Å². The Balaban J connectivity index is 1.57. The molecule has 0 unspecified atom stereocenters. The molecule has 0 aliphatic rings. The highest BCUT2D eigenvalue weighted by molar-refractivity contribution is 6.10. The number of fused-ring (bicyclic) bond motifs is 1. The van der Waals surface area contributed by atoms with Gasteiger partial charge in [0, 0.05) is 10.9 Å². The maximum atomic E-state index is 12.9. The molecule has 1 heterocycles. The predicted molar refractivity (Wildman–Crippen MR) is 123 cm³/mol. The van der Waals surface area contributed by atoms with E-state index in [2.05, 4.69) is 10.6 Å². The fraction of sp³-hybridized carbons (Fsp3) is 0.0800. The van der Waals surface area contributed by atoms with E-state index in [-0.39, 0.29) is 28.1 Å². The van der Waals surface area contributed by atoms with Gasteiger partial charge in [-0.15, -0.1) is 0 Å². The second-order valence-corrected chi connectivity index (χ2v) is 7.38. The second kappa shape index (κ2) is 9.34. The first-order valence-electron chi connectivity index (χ1n) is 10.2. The number of rotatable bonds is 5. The van der Waals surface area contributed by atoms with Gasteiger partial charge in [-0.2, -0.15) is 13.2 Å². The van der Waals surface area contributed by atoms with Gasteiger partial charge in [-0.3, -0.25) is 9.59 Å². The van der Waals surface area contributed by atoms with Crippen LogP contribution in [0.1, 0.15) is 26.3 Å². The van der Waals surface area contributed by atoms with Crippen molar-refractivity contribution in [2.45, 2.75) is 6.18 Å². The molecule has 0 radical (unpaired) electrons. The summed E-state index contributed by atoms with van der Waals surface area (Å²) in [5.74, 6) is -0.952. The minimum absolute atomic E-state index is 0.0109. The Morgan fingerprint density at radius 3 is 2.09 bits per heavy atom. The van der Waals surface area contributed by atoms with Gasteiger partial charge in [0.2, 0.25) is 0 Å². The number of hydrogen-bond donors (Lipinski definition) is 2. The molecule has 178 valence electrons. The fourth-order valence-electron chi connectivity index (χ4n) is 3.28. The van der Waals surface area contributed by atoms with E-state index in [9.17, 15) is 27.6 Å². The molecule has 0 spiro atoms. The first-order chi connectivity index (χ1) is 16.7. The van der Waals surface area contributed by atoms with E-state index in [1.54, 1.807) is 30.3 Å². The van der Waals surface area contributed by atoms with E-state index in [0.29, 0.717) is 11.1 Å². The monoisotopic (exact) mass is 482 g/mol. The number of carbonyl (C=O) groups is 2. The minimum Gasteiger partial charge on any atom is -0.497 e. The van der Waals surface area contributed by atoms with E-state index in [1.165, 1.54) is 25.3 Å². The summed E-state index contributed by atoms with van der Waals surface area (Å²) in [4.78, 5) is 37.8. The number of carbonyl (C=O) groups excluding carboxylic acids is 2. The normalized spacial score (nSPS) is 11.2. The third-order valence-electron chi connectivity index (χ3n) is 5.08. The number of para-hydroxylation sites is 2. The molecule has 4 aromatic rings. The third-order valence-corrected chi connectivity index (χ3v) is 5.08. The number of benzene rings is 3. The lowest BCUT2D eigenvalue weighted by atomic mass is 10.1. The zero-order valence-electron chi connectivity index (χ0n) is 18.1. The Hall–Kier alpha value is -4.60. The third kappa shape index (κ3) is 5.16. The highest BCUT2D eigenvalue weighted by atomic mass is 19.4. The van der Waals surface area contributed by atoms with Crippen molar-refractivity contribution in [2.24, 2.45) is 0 Å². The van der Waals surface area contributed by atoms with Gasteiger partial charge in [-0.05, 0) is 60.7 Å². The van der Waals surface area contributed by atoms with Crippen molar-refractivity contribution < 1.29 is 31.9 Å². The van der Waals surface area contributed by atoms with E-state index in [4.69, 9.17) is 9.15 Å². The molecule has 7 nitrogen and oxygen atoms in total. The van der Waals surface area contributed by atoms with Crippen LogP contribution in [-0.2, 0) is 6.18 Å². The second-order valence-electron chi connectivity index (χ2n) is 7.38. The molecule has 2 amide bonds. The van der Waals surface area contributed by atoms with Crippen LogP contribution >= 0.6 is 0 Å². The Morgan fingerprint density at radius 2 is 1.49 bits per heavy atom. The number of nitrogens with one attached hydrogen (secondary N) is 2. The van der Waals surface area contributed by atoms with Crippen molar-refractivity contribution in [1.82, 2.24) is 0 Å². The van der Waals surface area contributed by atoms with Crippen molar-refractivity contribution in [3.8, 4) is 5.75 Å². The smallest absolute Gasteiger partial charge is 0.416 e. The molecule has 0 aliphatic heterocycles. The number of hydrogen-bond acceptors (Lipinski definition) is 5. The molecule has 2 N–H and O–H groups in total. The predicted octanol–water partition coefficient (Wildman–Crippen LogP) is 5.33. The molecule has 0 fully saturated rings. The van der Waals surface area contributed by atoms with Crippen LogP contribution in [0, 0.1) is 0 Å². The Labute approximate surface area is 196 Å². The molecule has 10 heteroatoms. The zero-order chi connectivity index (χ0) is 25.2. The molecule has 0 aliphatic carbocycles. The SMILES string of the molecule is COc1ccc2oc(=O)c(C(=O)Nc3ccccc3NC(=O)c3ccc(C(F)(F)F)cc3)cc2c1. The van der Waals surface area contributed by atoms with Gasteiger partial charge in [-0.25, -0.2) is 4.79 Å². The summed E-state index contributed by atoms with van der Waals surface area (Å²) in [6.45, 7) is 0. The number of alkyl halides is 3. The van der Waals surface area contributed by atoms with Gasteiger partial charge in [0.1, 0.15) is 16.9 Å². The topological polar surface area (TPSA) is 97.6 Å². The Bertz CT molecular complexity index is 1480. The summed E-state index contributed by atoms with van der Waals surface area (Å²) in [7, 11) is 1.48. The van der Waals surface area contributed by atoms with E-state index >= 15 is 0 Å². The molecule has 1 aromatic heterocycles. The number of ether oxygens (including phenoxy) is 1. The average molecular weight is 482 g/mol. The maximum absolute atomic E-state index is 12.9. The number of methoxy groups -OCH3 is 1. The van der Waals surface area contributed by atoms with Crippen LogP contribution < -0.4 is 21.0 Å². The van der Waals surface area contributed by atoms with E-state index in [0.717, 1.165) is 24.3 Å². The zero-order valence-corrected chi connectivity index (χ0v) is 18.1. The molecule has 3 aromatic carbocycles. The van der Waals surface area contributed by atoms with Crippen molar-refractivity contribution in [3.05, 3.63) is 99.9 Å². The van der Waals surface area contributed by atoms with Gasteiger partial charge in [-0.1, -0.05) is 12.1 Å². The molecule has 0 saturated heterocycles. The van der Waals surface area contributed by atoms with Gasteiger partial charge >= 0.3 is 11.8 Å². The minimum atomic E-state index is -4.52. The Kier molecular flexibility index (Phi) is 6.28. The summed E-state index contributed by atoms with van der Waals surface area (Å²) in [5, 5.41) is 5.57. The number of amides is 2. The number of anilines is 2. The largest absolute Gasteiger partial charge is 0.497 e. The highest BCUT2D eigenvalue weighted by Gasteiger charge is 2.30. The lowest BCUT2D eigenvalue weighted by Crippen LogP contribution is -2.22. The standard InChI is InChI=1S/C25H17F3N2O5/c1-34-17-10-11-21-15(12-17)13-18(24(33)35-21)23(32)30-20-5-3-2-4-19(20)29-22(31)14-6-8-16(9-7-14)25(26,27)28/h2-13H,1H3,(H,29,31)(H,30,32). The summed E-state index contributed by atoms with van der Waals surface area (Å²) < 4.78 is 48.6. The first-order valence-corrected chi connectivity index (χ1v) is 10.2. The fourth-order valence-corrected chi connectivity index (χ4v) is 3.28. The summed E-state index contributed by atoms with van der Waals surface area (Å²) in [6, 6.07) is 16.0. The molecule has 4 rings (SSSR count). The van der Waals surface area contributed by atoms with E-state index in [1.807, 2.05) is 0 Å². The lowest BCUT2D eigenvalue weighted by Gasteiger charge is -2.13. The summed E-state index contributed by atoms with van der Waals surface area (Å²) in [6.07, 6.45) is -4.52. The van der Waals surface area contributed by atoms with Crippen LogP contribution in [0.5, 0.6) is 5.75 Å². The molecule has 35 heavy (non-hydrogen) atoms. The van der Waals surface area contributed by atoms with Crippen LogP contribution in [0.15, 0.2) is 82.0 Å². The van der Waals surface area contributed by atoms with Gasteiger partial charge in [0.25, 0.3) is 11.8 Å². The highest BCUT2D eigenvalue weighted by Crippen LogP contribution is 2.29. The van der Waals surface area contributed by atoms with Crippen molar-refractivity contribution in [3.63, 3.8) is 0 Å². The van der Waals surface area contributed by atoms with Gasteiger partial charge in [0.15, 0.2) is 0 Å². The van der Waals surface area contributed by atoms with Crippen molar-refractivity contribution in [1.29, 1.82) is 0 Å². The number of halogens is 3. The lowest BCUT2D eigenvalue weighted by molar-refractivity contribution is -0.137. The first kappa shape index (κ1) is 23.6. The molecule has 0 bridgehead atoms. The maximum Gasteiger partial charge on any atom is 0.416 e. The molecular weight excluding hydrogens is 465 g/mol. The van der Waals surface area contributed by atoms with Crippen LogP contribution in [0.25, 0.3) is 11.0 Å². The van der Waals surface area contributed by atoms with Crippen molar-refractivity contribution >= 4 is 34.2 Å². The van der Waals surface area contributed by atoms with E-state index < -0.39 is 29.2 Å². The molecular formula is C25H17F3N2O5. The Morgan fingerprint density at radius 1 is 0.857 bits per heavy atom. The summed E-state index contributed by atoms with van der Waals surface area (Å²) >= 11 is 0. The van der Waals surface area contributed by atoms with Gasteiger partial charge < -0.3 is 19.8 Å². The van der Waals surface area contributed by atoms with Crippen LogP contribution in [-0.4, -0.2) is 18.9 Å². The average Bonchev–Trinajstić information content (AvgIpc) is 2.84. The van der Waals surface area contributed by atoms with Crippen LogP contribution in [0.4, 0.5) is 24.5 Å². The molecule has 0 saturated carbocycles. The molecule has 0 atom stereocenters. The summed E-state index contributed by atoms with van der Waals surface area (Å²) in [5.41, 5.74) is -1.39. The van der Waals surface area contributed by atoms with Gasteiger partial charge in [0.05, 0.1) is 24.0 Å².